The van der Waals surface area contributed by atoms with Crippen LogP contribution < -0.4 is 0 Å². The van der Waals surface area contributed by atoms with Gasteiger partial charge in [-0.3, -0.25) is 0 Å². The summed E-state index contributed by atoms with van der Waals surface area (Å²) in [5, 5.41) is 0. The number of methoxy groups -OCH3 is 2. The Morgan fingerprint density at radius 2 is 1.72 bits per heavy atom. The van der Waals surface area contributed by atoms with Gasteiger partial charge in [0.1, 0.15) is 0 Å². The standard InChI is InChI=1S/C13H18O3.C2H6/c1-10(8-9-15-2)11-4-6-12(7-5-11)13(14)16-3;1-2/h4-7,10H,8-9H2,1-3H3;1-2H3. The van der Waals surface area contributed by atoms with Crippen molar-refractivity contribution in [1.82, 2.24) is 0 Å². The van der Waals surface area contributed by atoms with Crippen LogP contribution in [0, 0.1) is 0 Å². The van der Waals surface area contributed by atoms with E-state index in [1.54, 1.807) is 19.2 Å². The topological polar surface area (TPSA) is 35.5 Å². The van der Waals surface area contributed by atoms with Crippen LogP contribution in [-0.4, -0.2) is 26.8 Å². The van der Waals surface area contributed by atoms with Gasteiger partial charge in [0.2, 0.25) is 0 Å². The van der Waals surface area contributed by atoms with Gasteiger partial charge >= 0.3 is 5.97 Å². The van der Waals surface area contributed by atoms with Crippen molar-refractivity contribution in [1.29, 1.82) is 0 Å². The summed E-state index contributed by atoms with van der Waals surface area (Å²) in [6, 6.07) is 7.52. The fraction of sp³-hybridized carbons (Fsp3) is 0.533. The second-order valence-corrected chi connectivity index (χ2v) is 3.80. The summed E-state index contributed by atoms with van der Waals surface area (Å²) in [4.78, 5) is 11.2. The Kier molecular flexibility index (Phi) is 8.93. The molecule has 0 heterocycles. The molecule has 1 aromatic rings. The van der Waals surface area contributed by atoms with Crippen molar-refractivity contribution in [2.45, 2.75) is 33.1 Å². The van der Waals surface area contributed by atoms with Crippen LogP contribution in [0.4, 0.5) is 0 Å². The Balaban J connectivity index is 0.00000137. The predicted octanol–water partition coefficient (Wildman–Crippen LogP) is 3.64. The van der Waals surface area contributed by atoms with E-state index in [-0.39, 0.29) is 5.97 Å². The first kappa shape index (κ1) is 16.6. The first-order valence-corrected chi connectivity index (χ1v) is 6.36. The van der Waals surface area contributed by atoms with Crippen LogP contribution in [0.2, 0.25) is 0 Å². The maximum Gasteiger partial charge on any atom is 0.337 e. The van der Waals surface area contributed by atoms with Crippen molar-refractivity contribution < 1.29 is 14.3 Å². The predicted molar refractivity (Wildman–Crippen MR) is 74.0 cm³/mol. The number of hydrogen-bond donors (Lipinski definition) is 0. The highest BCUT2D eigenvalue weighted by Crippen LogP contribution is 2.19. The highest BCUT2D eigenvalue weighted by Gasteiger charge is 2.08. The molecule has 0 bridgehead atoms. The van der Waals surface area contributed by atoms with Crippen LogP contribution in [0.1, 0.15) is 49.0 Å². The molecule has 0 radical (unpaired) electrons. The lowest BCUT2D eigenvalue weighted by atomic mass is 9.97. The fourth-order valence-corrected chi connectivity index (χ4v) is 1.53. The minimum Gasteiger partial charge on any atom is -0.465 e. The SMILES string of the molecule is CC.COCCC(C)c1ccc(C(=O)OC)cc1. The summed E-state index contributed by atoms with van der Waals surface area (Å²) in [7, 11) is 3.09. The van der Waals surface area contributed by atoms with Gasteiger partial charge in [-0.2, -0.15) is 0 Å². The maximum atomic E-state index is 11.2. The maximum absolute atomic E-state index is 11.2. The van der Waals surface area contributed by atoms with E-state index < -0.39 is 0 Å². The number of carbonyl (C=O) groups excluding carboxylic acids is 1. The molecule has 1 unspecified atom stereocenters. The minimum atomic E-state index is -0.295. The van der Waals surface area contributed by atoms with E-state index in [1.807, 2.05) is 26.0 Å². The smallest absolute Gasteiger partial charge is 0.337 e. The first-order chi connectivity index (χ1) is 8.69. The third-order valence-electron chi connectivity index (χ3n) is 2.66. The molecule has 3 heteroatoms. The number of rotatable bonds is 5. The first-order valence-electron chi connectivity index (χ1n) is 6.36. The van der Waals surface area contributed by atoms with Crippen molar-refractivity contribution in [3.05, 3.63) is 35.4 Å². The normalized spacial score (nSPS) is 11.2. The van der Waals surface area contributed by atoms with Gasteiger partial charge in [0, 0.05) is 13.7 Å². The van der Waals surface area contributed by atoms with Crippen LogP contribution in [0.25, 0.3) is 0 Å². The van der Waals surface area contributed by atoms with Crippen molar-refractivity contribution in [2.24, 2.45) is 0 Å². The second-order valence-electron chi connectivity index (χ2n) is 3.80. The number of esters is 1. The van der Waals surface area contributed by atoms with E-state index >= 15 is 0 Å². The van der Waals surface area contributed by atoms with Crippen molar-refractivity contribution in [2.75, 3.05) is 20.8 Å². The van der Waals surface area contributed by atoms with Gasteiger partial charge in [-0.05, 0) is 30.0 Å². The molecule has 3 nitrogen and oxygen atoms in total. The lowest BCUT2D eigenvalue weighted by Crippen LogP contribution is -2.02. The van der Waals surface area contributed by atoms with Gasteiger partial charge in [-0.15, -0.1) is 0 Å². The Hall–Kier alpha value is -1.35. The molecule has 0 N–H and O–H groups in total. The van der Waals surface area contributed by atoms with Gasteiger partial charge in [0.15, 0.2) is 0 Å². The van der Waals surface area contributed by atoms with E-state index in [1.165, 1.54) is 12.7 Å². The van der Waals surface area contributed by atoms with Crippen LogP contribution in [0.15, 0.2) is 24.3 Å². The van der Waals surface area contributed by atoms with E-state index in [0.717, 1.165) is 13.0 Å². The largest absolute Gasteiger partial charge is 0.465 e. The quantitative estimate of drug-likeness (QED) is 0.750. The van der Waals surface area contributed by atoms with Gasteiger partial charge in [-0.25, -0.2) is 4.79 Å². The molecule has 0 saturated heterocycles. The van der Waals surface area contributed by atoms with Crippen LogP contribution in [-0.2, 0) is 9.47 Å². The molecule has 0 aliphatic rings. The Morgan fingerprint density at radius 3 is 2.17 bits per heavy atom. The lowest BCUT2D eigenvalue weighted by molar-refractivity contribution is 0.0600. The highest BCUT2D eigenvalue weighted by molar-refractivity contribution is 5.89. The van der Waals surface area contributed by atoms with Gasteiger partial charge in [0.05, 0.1) is 12.7 Å². The van der Waals surface area contributed by atoms with Crippen molar-refractivity contribution in [3.8, 4) is 0 Å². The molecule has 18 heavy (non-hydrogen) atoms. The zero-order chi connectivity index (χ0) is 14.0. The summed E-state index contributed by atoms with van der Waals surface area (Å²) in [6.07, 6.45) is 0.980. The Bertz CT molecular complexity index is 330. The molecule has 102 valence electrons. The molecule has 0 amide bonds. The Morgan fingerprint density at radius 1 is 1.17 bits per heavy atom. The summed E-state index contributed by atoms with van der Waals surface area (Å²) in [5.74, 6) is 0.141. The zero-order valence-electron chi connectivity index (χ0n) is 12.0. The van der Waals surface area contributed by atoms with Gasteiger partial charge < -0.3 is 9.47 Å². The van der Waals surface area contributed by atoms with Crippen LogP contribution in [0.5, 0.6) is 0 Å². The number of benzene rings is 1. The monoisotopic (exact) mass is 252 g/mol. The molecule has 0 aliphatic carbocycles. The van der Waals surface area contributed by atoms with E-state index in [0.29, 0.717) is 11.5 Å². The van der Waals surface area contributed by atoms with Gasteiger partial charge in [-0.1, -0.05) is 32.9 Å². The number of carbonyl (C=O) groups is 1. The van der Waals surface area contributed by atoms with Crippen molar-refractivity contribution in [3.63, 3.8) is 0 Å². The van der Waals surface area contributed by atoms with Crippen LogP contribution >= 0.6 is 0 Å². The Labute approximate surface area is 110 Å². The molecular formula is C15H24O3. The lowest BCUT2D eigenvalue weighted by Gasteiger charge is -2.11. The number of hydrogen-bond acceptors (Lipinski definition) is 3. The average molecular weight is 252 g/mol. The molecule has 0 aliphatic heterocycles. The molecule has 0 fully saturated rings. The zero-order valence-corrected chi connectivity index (χ0v) is 12.0. The number of ether oxygens (including phenoxy) is 2. The van der Waals surface area contributed by atoms with Gasteiger partial charge in [0.25, 0.3) is 0 Å². The molecule has 1 rings (SSSR count). The fourth-order valence-electron chi connectivity index (χ4n) is 1.53. The molecule has 0 aromatic heterocycles. The van der Waals surface area contributed by atoms with E-state index in [2.05, 4.69) is 11.7 Å². The highest BCUT2D eigenvalue weighted by atomic mass is 16.5. The molecule has 0 saturated carbocycles. The third-order valence-corrected chi connectivity index (χ3v) is 2.66. The molecule has 0 spiro atoms. The van der Waals surface area contributed by atoms with E-state index in [9.17, 15) is 4.79 Å². The molecular weight excluding hydrogens is 228 g/mol. The summed E-state index contributed by atoms with van der Waals surface area (Å²) < 4.78 is 9.68. The third kappa shape index (κ3) is 5.32. The van der Waals surface area contributed by atoms with Crippen LogP contribution in [0.3, 0.4) is 0 Å². The summed E-state index contributed by atoms with van der Waals surface area (Å²) in [6.45, 7) is 6.89. The average Bonchev–Trinajstić information content (AvgIpc) is 2.46. The summed E-state index contributed by atoms with van der Waals surface area (Å²) in [5.41, 5.74) is 1.80. The minimum absolute atomic E-state index is 0.295. The summed E-state index contributed by atoms with van der Waals surface area (Å²) >= 11 is 0. The second kappa shape index (κ2) is 9.66. The van der Waals surface area contributed by atoms with E-state index in [4.69, 9.17) is 4.74 Å². The van der Waals surface area contributed by atoms with Crippen molar-refractivity contribution >= 4 is 5.97 Å². The molecule has 1 aromatic carbocycles. The molecule has 1 atom stereocenters.